The van der Waals surface area contributed by atoms with Crippen LogP contribution in [0.5, 0.6) is 0 Å². The molecule has 5 nitrogen and oxygen atoms in total. The van der Waals surface area contributed by atoms with Gasteiger partial charge in [-0.15, -0.1) is 24.0 Å². The Labute approximate surface area is 165 Å². The largest absolute Gasteiger partial charge is 0.386 e. The summed E-state index contributed by atoms with van der Waals surface area (Å²) in [7, 11) is 0. The molecule has 0 aliphatic heterocycles. The van der Waals surface area contributed by atoms with Gasteiger partial charge in [0.2, 0.25) is 0 Å². The lowest BCUT2D eigenvalue weighted by molar-refractivity contribution is 0.187. The summed E-state index contributed by atoms with van der Waals surface area (Å²) in [5.41, 5.74) is 0.695. The smallest absolute Gasteiger partial charge is 0.191 e. The van der Waals surface area contributed by atoms with Gasteiger partial charge < -0.3 is 20.3 Å². The Morgan fingerprint density at radius 1 is 1.21 bits per heavy atom. The van der Waals surface area contributed by atoms with Crippen LogP contribution in [0, 0.1) is 0 Å². The molecule has 0 amide bonds. The van der Waals surface area contributed by atoms with Crippen LogP contribution < -0.4 is 10.6 Å². The summed E-state index contributed by atoms with van der Waals surface area (Å²) in [6, 6.07) is 11.3. The molecule has 1 unspecified atom stereocenters. The number of halogens is 2. The first-order chi connectivity index (χ1) is 11.2. The van der Waals surface area contributed by atoms with Crippen molar-refractivity contribution in [1.82, 2.24) is 15.2 Å². The van der Waals surface area contributed by atoms with Crippen LogP contribution in [0.2, 0.25) is 5.02 Å². The molecule has 0 spiro atoms. The Morgan fingerprint density at radius 3 is 2.58 bits per heavy atom. The lowest BCUT2D eigenvalue weighted by atomic mass is 10.1. The van der Waals surface area contributed by atoms with Crippen LogP contribution in [-0.4, -0.2) is 35.3 Å². The first-order valence-electron chi connectivity index (χ1n) is 7.76. The first kappa shape index (κ1) is 20.8. The second kappa shape index (κ2) is 11.3. The standard InChI is InChI=1S/C17H23ClN4O.HI/c1-2-19-17(20-9-12-22-10-5-6-11-22)21-13-16(23)14-7-3-4-8-15(14)18;/h3-8,10-11,16,23H,2,9,12-13H2,1H3,(H2,19,20,21);1H. The van der Waals surface area contributed by atoms with Crippen molar-refractivity contribution in [2.75, 3.05) is 19.6 Å². The van der Waals surface area contributed by atoms with Gasteiger partial charge in [0.05, 0.1) is 6.54 Å². The number of rotatable bonds is 7. The highest BCUT2D eigenvalue weighted by atomic mass is 127. The van der Waals surface area contributed by atoms with Crippen molar-refractivity contribution in [3.8, 4) is 0 Å². The molecule has 2 aromatic rings. The number of aromatic nitrogens is 1. The van der Waals surface area contributed by atoms with E-state index in [1.54, 1.807) is 6.07 Å². The van der Waals surface area contributed by atoms with Gasteiger partial charge in [0, 0.05) is 42.6 Å². The third kappa shape index (κ3) is 6.70. The summed E-state index contributed by atoms with van der Waals surface area (Å²) >= 11 is 6.09. The van der Waals surface area contributed by atoms with Crippen LogP contribution in [0.3, 0.4) is 0 Å². The zero-order valence-corrected chi connectivity index (χ0v) is 16.7. The quantitative estimate of drug-likeness (QED) is 0.337. The SMILES string of the molecule is CCNC(=NCC(O)c1ccccc1Cl)NCCn1cccc1.I. The van der Waals surface area contributed by atoms with Gasteiger partial charge in [-0.05, 0) is 25.1 Å². The average Bonchev–Trinajstić information content (AvgIpc) is 3.06. The van der Waals surface area contributed by atoms with Gasteiger partial charge in [0.25, 0.3) is 0 Å². The van der Waals surface area contributed by atoms with Crippen LogP contribution in [0.4, 0.5) is 0 Å². The molecular weight excluding hydrogens is 439 g/mol. The fraction of sp³-hybridized carbons (Fsp3) is 0.353. The van der Waals surface area contributed by atoms with Crippen LogP contribution in [0.25, 0.3) is 0 Å². The zero-order chi connectivity index (χ0) is 16.5. The summed E-state index contributed by atoms with van der Waals surface area (Å²) in [6.45, 7) is 4.63. The Morgan fingerprint density at radius 2 is 1.92 bits per heavy atom. The van der Waals surface area contributed by atoms with Crippen LogP contribution in [0.1, 0.15) is 18.6 Å². The van der Waals surface area contributed by atoms with Gasteiger partial charge in [-0.3, -0.25) is 4.99 Å². The summed E-state index contributed by atoms with van der Waals surface area (Å²) in [5, 5.41) is 17.2. The van der Waals surface area contributed by atoms with Gasteiger partial charge in [-0.25, -0.2) is 0 Å². The summed E-state index contributed by atoms with van der Waals surface area (Å²) < 4.78 is 2.09. The highest BCUT2D eigenvalue weighted by Crippen LogP contribution is 2.22. The van der Waals surface area contributed by atoms with Gasteiger partial charge in [-0.2, -0.15) is 0 Å². The van der Waals surface area contributed by atoms with E-state index in [0.29, 0.717) is 16.5 Å². The van der Waals surface area contributed by atoms with Crippen molar-refractivity contribution in [1.29, 1.82) is 0 Å². The monoisotopic (exact) mass is 462 g/mol. The molecule has 0 saturated carbocycles. The summed E-state index contributed by atoms with van der Waals surface area (Å²) in [4.78, 5) is 4.43. The van der Waals surface area contributed by atoms with Gasteiger partial charge in [-0.1, -0.05) is 29.8 Å². The molecule has 1 heterocycles. The first-order valence-corrected chi connectivity index (χ1v) is 8.14. The number of nitrogens with zero attached hydrogens (tertiary/aromatic N) is 2. The molecule has 0 fully saturated rings. The number of hydrogen-bond acceptors (Lipinski definition) is 2. The third-order valence-electron chi connectivity index (χ3n) is 3.36. The molecule has 0 bridgehead atoms. The Bertz CT molecular complexity index is 619. The maximum atomic E-state index is 10.2. The van der Waals surface area contributed by atoms with Crippen LogP contribution >= 0.6 is 35.6 Å². The van der Waals surface area contributed by atoms with E-state index in [-0.39, 0.29) is 30.5 Å². The Hall–Kier alpha value is -1.25. The van der Waals surface area contributed by atoms with Crippen molar-refractivity contribution >= 4 is 41.5 Å². The topological polar surface area (TPSA) is 61.6 Å². The Kier molecular flexibility index (Phi) is 9.82. The van der Waals surface area contributed by atoms with E-state index >= 15 is 0 Å². The molecule has 1 aromatic carbocycles. The molecule has 132 valence electrons. The van der Waals surface area contributed by atoms with E-state index in [9.17, 15) is 5.11 Å². The van der Waals surface area contributed by atoms with Crippen molar-refractivity contribution in [3.05, 3.63) is 59.4 Å². The Balaban J connectivity index is 0.00000288. The summed E-state index contributed by atoms with van der Waals surface area (Å²) in [5.74, 6) is 0.686. The molecular formula is C17H24ClIN4O. The van der Waals surface area contributed by atoms with Gasteiger partial charge in [0.15, 0.2) is 5.96 Å². The molecule has 1 aromatic heterocycles. The number of aliphatic imine (C=N–C) groups is 1. The highest BCUT2D eigenvalue weighted by Gasteiger charge is 2.10. The number of guanidine groups is 1. The normalized spacial score (nSPS) is 12.4. The zero-order valence-electron chi connectivity index (χ0n) is 13.7. The summed E-state index contributed by atoms with van der Waals surface area (Å²) in [6.07, 6.45) is 3.32. The number of hydrogen-bond donors (Lipinski definition) is 3. The molecule has 0 aliphatic rings. The third-order valence-corrected chi connectivity index (χ3v) is 3.70. The van der Waals surface area contributed by atoms with Gasteiger partial charge in [0.1, 0.15) is 6.10 Å². The maximum Gasteiger partial charge on any atom is 0.191 e. The lowest BCUT2D eigenvalue weighted by Gasteiger charge is -2.14. The molecule has 1 atom stereocenters. The van der Waals surface area contributed by atoms with E-state index in [1.165, 1.54) is 0 Å². The number of aliphatic hydroxyl groups is 1. The second-order valence-corrected chi connectivity index (χ2v) is 5.51. The van der Waals surface area contributed by atoms with Crippen molar-refractivity contribution < 1.29 is 5.11 Å². The number of benzene rings is 1. The fourth-order valence-corrected chi connectivity index (χ4v) is 2.45. The maximum absolute atomic E-state index is 10.2. The minimum absolute atomic E-state index is 0. The van der Waals surface area contributed by atoms with Gasteiger partial charge >= 0.3 is 0 Å². The van der Waals surface area contributed by atoms with E-state index < -0.39 is 6.10 Å². The van der Waals surface area contributed by atoms with Crippen LogP contribution in [-0.2, 0) is 6.54 Å². The molecule has 0 radical (unpaired) electrons. The second-order valence-electron chi connectivity index (χ2n) is 5.10. The predicted octanol–water partition coefficient (Wildman–Crippen LogP) is 3.05. The minimum atomic E-state index is -0.719. The minimum Gasteiger partial charge on any atom is -0.386 e. The molecule has 0 saturated heterocycles. The van der Waals surface area contributed by atoms with E-state index in [4.69, 9.17) is 11.6 Å². The van der Waals surface area contributed by atoms with E-state index in [1.807, 2.05) is 49.6 Å². The fourth-order valence-electron chi connectivity index (χ4n) is 2.19. The average molecular weight is 463 g/mol. The number of aliphatic hydroxyl groups excluding tert-OH is 1. The molecule has 3 N–H and O–H groups in total. The molecule has 2 rings (SSSR count). The lowest BCUT2D eigenvalue weighted by Crippen LogP contribution is -2.39. The molecule has 0 aliphatic carbocycles. The van der Waals surface area contributed by atoms with Crippen LogP contribution in [0.15, 0.2) is 53.8 Å². The molecule has 24 heavy (non-hydrogen) atoms. The van der Waals surface area contributed by atoms with Crippen molar-refractivity contribution in [3.63, 3.8) is 0 Å². The predicted molar refractivity (Wildman–Crippen MR) is 110 cm³/mol. The number of nitrogens with one attached hydrogen (secondary N) is 2. The highest BCUT2D eigenvalue weighted by molar-refractivity contribution is 14.0. The van der Waals surface area contributed by atoms with E-state index in [0.717, 1.165) is 19.6 Å². The van der Waals surface area contributed by atoms with Crippen molar-refractivity contribution in [2.45, 2.75) is 19.6 Å². The van der Waals surface area contributed by atoms with E-state index in [2.05, 4.69) is 20.2 Å². The molecule has 7 heteroatoms. The van der Waals surface area contributed by atoms with Crippen molar-refractivity contribution in [2.24, 2.45) is 4.99 Å².